The van der Waals surface area contributed by atoms with Gasteiger partial charge in [0.25, 0.3) is 0 Å². The SMILES string of the molecule is CCc1ccc2ncnc(NCc3ccc(S(N)(=O)=O)cc3)c2c1. The van der Waals surface area contributed by atoms with Gasteiger partial charge in [0, 0.05) is 11.9 Å². The molecule has 0 spiro atoms. The Hall–Kier alpha value is -2.51. The quantitative estimate of drug-likeness (QED) is 0.742. The van der Waals surface area contributed by atoms with Crippen LogP contribution in [0.25, 0.3) is 10.9 Å². The number of rotatable bonds is 5. The fraction of sp³-hybridized carbons (Fsp3) is 0.176. The van der Waals surface area contributed by atoms with E-state index >= 15 is 0 Å². The summed E-state index contributed by atoms with van der Waals surface area (Å²) in [6.45, 7) is 2.62. The van der Waals surface area contributed by atoms with Crippen LogP contribution in [0.5, 0.6) is 0 Å². The minimum absolute atomic E-state index is 0.103. The largest absolute Gasteiger partial charge is 0.365 e. The summed E-state index contributed by atoms with van der Waals surface area (Å²) in [5.41, 5.74) is 3.04. The molecule has 0 amide bonds. The lowest BCUT2D eigenvalue weighted by atomic mass is 10.1. The first kappa shape index (κ1) is 16.4. The van der Waals surface area contributed by atoms with Crippen molar-refractivity contribution in [2.24, 2.45) is 5.14 Å². The van der Waals surface area contributed by atoms with E-state index in [0.29, 0.717) is 6.54 Å². The summed E-state index contributed by atoms with van der Waals surface area (Å²) >= 11 is 0. The van der Waals surface area contributed by atoms with Crippen LogP contribution in [0.15, 0.2) is 53.7 Å². The lowest BCUT2D eigenvalue weighted by Gasteiger charge is -2.09. The van der Waals surface area contributed by atoms with E-state index in [4.69, 9.17) is 5.14 Å². The number of nitrogens with zero attached hydrogens (tertiary/aromatic N) is 2. The second-order valence-corrected chi connectivity index (χ2v) is 7.03. The zero-order valence-electron chi connectivity index (χ0n) is 13.2. The standard InChI is InChI=1S/C17H18N4O2S/c1-2-12-5-8-16-15(9-12)17(21-11-20-16)19-10-13-3-6-14(7-4-13)24(18,22)23/h3-9,11H,2,10H2,1H3,(H2,18,22,23)(H,19,20,21). The molecule has 0 radical (unpaired) electrons. The van der Waals surface area contributed by atoms with E-state index in [1.807, 2.05) is 6.07 Å². The van der Waals surface area contributed by atoms with E-state index in [1.54, 1.807) is 12.1 Å². The van der Waals surface area contributed by atoms with E-state index in [2.05, 4.69) is 34.3 Å². The number of hydrogen-bond donors (Lipinski definition) is 2. The highest BCUT2D eigenvalue weighted by Gasteiger charge is 2.08. The van der Waals surface area contributed by atoms with Crippen molar-refractivity contribution in [1.29, 1.82) is 0 Å². The number of fused-ring (bicyclic) bond motifs is 1. The van der Waals surface area contributed by atoms with Crippen LogP contribution in [-0.2, 0) is 23.0 Å². The van der Waals surface area contributed by atoms with Gasteiger partial charge in [0.05, 0.1) is 10.4 Å². The summed E-state index contributed by atoms with van der Waals surface area (Å²) in [5, 5.41) is 9.35. The molecule has 0 atom stereocenters. The van der Waals surface area contributed by atoms with Gasteiger partial charge in [0.2, 0.25) is 10.0 Å². The number of aromatic nitrogens is 2. The van der Waals surface area contributed by atoms with Crippen molar-refractivity contribution >= 4 is 26.7 Å². The van der Waals surface area contributed by atoms with Gasteiger partial charge in [0.15, 0.2) is 0 Å². The van der Waals surface area contributed by atoms with Crippen LogP contribution in [-0.4, -0.2) is 18.4 Å². The Bertz CT molecular complexity index is 970. The van der Waals surface area contributed by atoms with Gasteiger partial charge in [-0.1, -0.05) is 25.1 Å². The normalized spacial score (nSPS) is 11.6. The Morgan fingerprint density at radius 1 is 1.04 bits per heavy atom. The molecule has 24 heavy (non-hydrogen) atoms. The second kappa shape index (κ2) is 6.54. The molecule has 1 aromatic heterocycles. The summed E-state index contributed by atoms with van der Waals surface area (Å²) in [6, 6.07) is 12.6. The molecule has 2 aromatic carbocycles. The van der Waals surface area contributed by atoms with Crippen molar-refractivity contribution in [2.75, 3.05) is 5.32 Å². The lowest BCUT2D eigenvalue weighted by Crippen LogP contribution is -2.12. The fourth-order valence-corrected chi connectivity index (χ4v) is 2.96. The summed E-state index contributed by atoms with van der Waals surface area (Å²) in [6.07, 6.45) is 2.47. The number of nitrogens with two attached hydrogens (primary N) is 1. The van der Waals surface area contributed by atoms with Gasteiger partial charge in [-0.25, -0.2) is 23.5 Å². The molecule has 6 nitrogen and oxygen atoms in total. The Balaban J connectivity index is 1.83. The first-order valence-corrected chi connectivity index (χ1v) is 9.11. The Morgan fingerprint density at radius 3 is 2.42 bits per heavy atom. The predicted octanol–water partition coefficient (Wildman–Crippen LogP) is 2.45. The van der Waals surface area contributed by atoms with Crippen molar-refractivity contribution in [3.05, 3.63) is 59.9 Å². The average Bonchev–Trinajstić information content (AvgIpc) is 2.59. The third-order valence-corrected chi connectivity index (χ3v) is 4.75. The number of anilines is 1. The Kier molecular flexibility index (Phi) is 4.46. The van der Waals surface area contributed by atoms with E-state index < -0.39 is 10.0 Å². The first-order valence-electron chi connectivity index (χ1n) is 7.56. The average molecular weight is 342 g/mol. The number of aryl methyl sites for hydroxylation is 1. The first-order chi connectivity index (χ1) is 11.5. The van der Waals surface area contributed by atoms with Crippen molar-refractivity contribution in [3.8, 4) is 0 Å². The fourth-order valence-electron chi connectivity index (χ4n) is 2.45. The molecule has 0 aliphatic carbocycles. The van der Waals surface area contributed by atoms with Gasteiger partial charge >= 0.3 is 0 Å². The molecule has 1 heterocycles. The van der Waals surface area contributed by atoms with Gasteiger partial charge < -0.3 is 5.32 Å². The van der Waals surface area contributed by atoms with Crippen LogP contribution < -0.4 is 10.5 Å². The van der Waals surface area contributed by atoms with Crippen LogP contribution in [0, 0.1) is 0 Å². The molecule has 0 bridgehead atoms. The van der Waals surface area contributed by atoms with Crippen LogP contribution >= 0.6 is 0 Å². The number of benzene rings is 2. The molecule has 0 saturated heterocycles. The molecule has 0 fully saturated rings. The third-order valence-electron chi connectivity index (χ3n) is 3.82. The summed E-state index contributed by atoms with van der Waals surface area (Å²) in [4.78, 5) is 8.70. The number of sulfonamides is 1. The van der Waals surface area contributed by atoms with E-state index in [-0.39, 0.29) is 4.90 Å². The van der Waals surface area contributed by atoms with E-state index in [9.17, 15) is 8.42 Å². The Morgan fingerprint density at radius 2 is 1.75 bits per heavy atom. The smallest absolute Gasteiger partial charge is 0.238 e. The molecule has 3 rings (SSSR count). The maximum absolute atomic E-state index is 11.3. The molecule has 0 unspecified atom stereocenters. The second-order valence-electron chi connectivity index (χ2n) is 5.47. The molecule has 0 saturated carbocycles. The third kappa shape index (κ3) is 3.52. The predicted molar refractivity (Wildman–Crippen MR) is 94.1 cm³/mol. The monoisotopic (exact) mass is 342 g/mol. The highest BCUT2D eigenvalue weighted by molar-refractivity contribution is 7.89. The van der Waals surface area contributed by atoms with E-state index in [0.717, 1.165) is 28.7 Å². The zero-order chi connectivity index (χ0) is 17.2. The van der Waals surface area contributed by atoms with E-state index in [1.165, 1.54) is 24.0 Å². The van der Waals surface area contributed by atoms with Crippen molar-refractivity contribution in [2.45, 2.75) is 24.8 Å². The number of nitrogens with one attached hydrogen (secondary N) is 1. The molecule has 3 N–H and O–H groups in total. The number of hydrogen-bond acceptors (Lipinski definition) is 5. The van der Waals surface area contributed by atoms with Gasteiger partial charge in [-0.05, 0) is 41.8 Å². The molecular weight excluding hydrogens is 324 g/mol. The Labute approximate surface area is 140 Å². The topological polar surface area (TPSA) is 98.0 Å². The van der Waals surface area contributed by atoms with Gasteiger partial charge in [-0.3, -0.25) is 0 Å². The molecule has 7 heteroatoms. The van der Waals surface area contributed by atoms with Crippen LogP contribution in [0.1, 0.15) is 18.1 Å². The maximum atomic E-state index is 11.3. The molecule has 3 aromatic rings. The van der Waals surface area contributed by atoms with Gasteiger partial charge in [0.1, 0.15) is 12.1 Å². The minimum Gasteiger partial charge on any atom is -0.365 e. The van der Waals surface area contributed by atoms with Crippen LogP contribution in [0.4, 0.5) is 5.82 Å². The zero-order valence-corrected chi connectivity index (χ0v) is 14.0. The molecule has 124 valence electrons. The highest BCUT2D eigenvalue weighted by atomic mass is 32.2. The molecular formula is C17H18N4O2S. The van der Waals surface area contributed by atoms with Gasteiger partial charge in [-0.2, -0.15) is 0 Å². The summed E-state index contributed by atoms with van der Waals surface area (Å²) in [7, 11) is -3.66. The molecule has 0 aliphatic heterocycles. The maximum Gasteiger partial charge on any atom is 0.238 e. The summed E-state index contributed by atoms with van der Waals surface area (Å²) in [5.74, 6) is 0.755. The summed E-state index contributed by atoms with van der Waals surface area (Å²) < 4.78 is 22.6. The van der Waals surface area contributed by atoms with Crippen LogP contribution in [0.2, 0.25) is 0 Å². The number of primary sulfonamides is 1. The van der Waals surface area contributed by atoms with Crippen molar-refractivity contribution in [1.82, 2.24) is 9.97 Å². The van der Waals surface area contributed by atoms with Crippen molar-refractivity contribution < 1.29 is 8.42 Å². The highest BCUT2D eigenvalue weighted by Crippen LogP contribution is 2.21. The molecule has 0 aliphatic rings. The lowest BCUT2D eigenvalue weighted by molar-refractivity contribution is 0.598. The van der Waals surface area contributed by atoms with Crippen molar-refractivity contribution in [3.63, 3.8) is 0 Å². The van der Waals surface area contributed by atoms with Crippen LogP contribution in [0.3, 0.4) is 0 Å². The van der Waals surface area contributed by atoms with Gasteiger partial charge in [-0.15, -0.1) is 0 Å². The minimum atomic E-state index is -3.66.